The predicted octanol–water partition coefficient (Wildman–Crippen LogP) is 3.20. The number of ether oxygens (including phenoxy) is 1. The fraction of sp³-hybridized carbons (Fsp3) is 0.300. The Hall–Kier alpha value is -3.00. The zero-order valence-corrected chi connectivity index (χ0v) is 17.0. The lowest BCUT2D eigenvalue weighted by molar-refractivity contribution is -0.116. The second-order valence-electron chi connectivity index (χ2n) is 6.53. The molecule has 1 amide bonds. The van der Waals surface area contributed by atoms with Gasteiger partial charge in [0.25, 0.3) is 5.56 Å². The molecule has 2 aromatic heterocycles. The zero-order chi connectivity index (χ0) is 20.4. The van der Waals surface area contributed by atoms with E-state index in [1.807, 2.05) is 20.8 Å². The van der Waals surface area contributed by atoms with Gasteiger partial charge in [0, 0.05) is 23.5 Å². The molecule has 0 atom stereocenters. The van der Waals surface area contributed by atoms with Crippen LogP contribution in [0.1, 0.15) is 32.8 Å². The quantitative estimate of drug-likeness (QED) is 0.666. The topological polar surface area (TPSA) is 90.3 Å². The number of benzene rings is 1. The van der Waals surface area contributed by atoms with Crippen LogP contribution in [0.4, 0.5) is 5.69 Å². The van der Waals surface area contributed by atoms with Gasteiger partial charge in [-0.05, 0) is 44.0 Å². The van der Waals surface area contributed by atoms with E-state index in [0.29, 0.717) is 16.6 Å². The minimum atomic E-state index is -0.470. The largest absolute Gasteiger partial charge is 0.465 e. The molecule has 0 spiro atoms. The maximum Gasteiger partial charge on any atom is 0.337 e. The van der Waals surface area contributed by atoms with Crippen LogP contribution in [0, 0.1) is 20.8 Å². The lowest BCUT2D eigenvalue weighted by Crippen LogP contribution is -2.23. The first-order chi connectivity index (χ1) is 13.3. The van der Waals surface area contributed by atoms with Crippen LogP contribution in [0.15, 0.2) is 29.3 Å². The van der Waals surface area contributed by atoms with Gasteiger partial charge in [0.2, 0.25) is 5.91 Å². The van der Waals surface area contributed by atoms with Gasteiger partial charge in [-0.15, -0.1) is 11.3 Å². The molecule has 8 heteroatoms. The summed E-state index contributed by atoms with van der Waals surface area (Å²) in [5, 5.41) is 3.41. The number of hydrogen-bond acceptors (Lipinski definition) is 6. The molecule has 2 heterocycles. The molecule has 0 radical (unpaired) electrons. The smallest absolute Gasteiger partial charge is 0.337 e. The van der Waals surface area contributed by atoms with E-state index in [9.17, 15) is 14.4 Å². The van der Waals surface area contributed by atoms with Crippen LogP contribution in [-0.4, -0.2) is 28.5 Å². The molecule has 3 aromatic rings. The molecule has 0 bridgehead atoms. The number of hydrogen-bond donors (Lipinski definition) is 1. The molecule has 3 rings (SSSR count). The van der Waals surface area contributed by atoms with E-state index >= 15 is 0 Å². The Balaban J connectivity index is 1.74. The van der Waals surface area contributed by atoms with Crippen LogP contribution in [0.2, 0.25) is 0 Å². The van der Waals surface area contributed by atoms with Crippen molar-refractivity contribution in [2.24, 2.45) is 0 Å². The van der Waals surface area contributed by atoms with Crippen LogP contribution >= 0.6 is 11.3 Å². The van der Waals surface area contributed by atoms with Crippen molar-refractivity contribution >= 4 is 39.1 Å². The normalized spacial score (nSPS) is 10.9. The van der Waals surface area contributed by atoms with Gasteiger partial charge in [0.05, 0.1) is 24.4 Å². The number of carbonyl (C=O) groups excluding carboxylic acids is 2. The molecule has 146 valence electrons. The van der Waals surface area contributed by atoms with Crippen LogP contribution in [0.5, 0.6) is 0 Å². The molecule has 7 nitrogen and oxygen atoms in total. The lowest BCUT2D eigenvalue weighted by atomic mass is 10.1. The van der Waals surface area contributed by atoms with Crippen molar-refractivity contribution in [3.05, 3.63) is 56.4 Å². The Bertz CT molecular complexity index is 1130. The number of amides is 1. The number of aryl methyl sites for hydroxylation is 4. The summed E-state index contributed by atoms with van der Waals surface area (Å²) in [5.74, 6) is -0.724. The summed E-state index contributed by atoms with van der Waals surface area (Å²) in [6.07, 6.45) is 1.59. The second kappa shape index (κ2) is 7.93. The summed E-state index contributed by atoms with van der Waals surface area (Å²) in [5.41, 5.74) is 2.52. The van der Waals surface area contributed by atoms with E-state index in [1.165, 1.54) is 29.3 Å². The molecule has 1 aromatic carbocycles. The highest BCUT2D eigenvalue weighted by atomic mass is 32.1. The van der Waals surface area contributed by atoms with Crippen molar-refractivity contribution < 1.29 is 14.3 Å². The molecule has 0 aliphatic heterocycles. The summed E-state index contributed by atoms with van der Waals surface area (Å²) >= 11 is 1.49. The molecular formula is C20H21N3O4S. The van der Waals surface area contributed by atoms with Crippen molar-refractivity contribution in [3.8, 4) is 0 Å². The molecule has 0 unspecified atom stereocenters. The summed E-state index contributed by atoms with van der Waals surface area (Å²) < 4.78 is 6.16. The summed E-state index contributed by atoms with van der Waals surface area (Å²) in [6.45, 7) is 5.92. The number of esters is 1. The van der Waals surface area contributed by atoms with Crippen LogP contribution in [-0.2, 0) is 16.1 Å². The number of nitrogens with zero attached hydrogens (tertiary/aromatic N) is 2. The van der Waals surface area contributed by atoms with Crippen molar-refractivity contribution in [1.29, 1.82) is 0 Å². The number of methoxy groups -OCH3 is 1. The van der Waals surface area contributed by atoms with E-state index in [-0.39, 0.29) is 24.4 Å². The molecule has 1 N–H and O–H groups in total. The van der Waals surface area contributed by atoms with Gasteiger partial charge in [-0.3, -0.25) is 14.2 Å². The minimum absolute atomic E-state index is 0.108. The van der Waals surface area contributed by atoms with Gasteiger partial charge in [0.15, 0.2) is 0 Å². The van der Waals surface area contributed by atoms with Crippen LogP contribution < -0.4 is 10.9 Å². The van der Waals surface area contributed by atoms with E-state index in [4.69, 9.17) is 4.74 Å². The van der Waals surface area contributed by atoms with Crippen molar-refractivity contribution in [1.82, 2.24) is 9.55 Å². The monoisotopic (exact) mass is 399 g/mol. The number of aromatic nitrogens is 2. The average Bonchev–Trinajstić information content (AvgIpc) is 2.97. The summed E-state index contributed by atoms with van der Waals surface area (Å²) in [7, 11) is 1.31. The molecule has 28 heavy (non-hydrogen) atoms. The number of rotatable bonds is 5. The van der Waals surface area contributed by atoms with Gasteiger partial charge < -0.3 is 10.1 Å². The number of nitrogens with one attached hydrogen (secondary N) is 1. The molecule has 0 aliphatic carbocycles. The number of thiophene rings is 1. The minimum Gasteiger partial charge on any atom is -0.465 e. The molecule has 0 fully saturated rings. The summed E-state index contributed by atoms with van der Waals surface area (Å²) in [6, 6.07) is 4.96. The van der Waals surface area contributed by atoms with Gasteiger partial charge in [-0.2, -0.15) is 0 Å². The molecule has 0 saturated heterocycles. The van der Waals surface area contributed by atoms with Gasteiger partial charge in [-0.25, -0.2) is 9.78 Å². The molecule has 0 aliphatic rings. The Morgan fingerprint density at radius 3 is 2.71 bits per heavy atom. The Labute approximate surface area is 166 Å². The predicted molar refractivity (Wildman–Crippen MR) is 109 cm³/mol. The Kier molecular flexibility index (Phi) is 5.60. The Morgan fingerprint density at radius 2 is 2.00 bits per heavy atom. The van der Waals surface area contributed by atoms with E-state index in [0.717, 1.165) is 20.8 Å². The third kappa shape index (κ3) is 3.82. The van der Waals surface area contributed by atoms with E-state index < -0.39 is 5.97 Å². The third-order valence-electron chi connectivity index (χ3n) is 4.67. The van der Waals surface area contributed by atoms with Crippen LogP contribution in [0.25, 0.3) is 10.2 Å². The van der Waals surface area contributed by atoms with Crippen molar-refractivity contribution in [2.45, 2.75) is 33.7 Å². The molecular weight excluding hydrogens is 378 g/mol. The highest BCUT2D eigenvalue weighted by molar-refractivity contribution is 7.18. The maximum absolute atomic E-state index is 12.7. The average molecular weight is 399 g/mol. The van der Waals surface area contributed by atoms with E-state index in [2.05, 4.69) is 10.3 Å². The van der Waals surface area contributed by atoms with Gasteiger partial charge >= 0.3 is 5.97 Å². The fourth-order valence-electron chi connectivity index (χ4n) is 2.87. The van der Waals surface area contributed by atoms with Gasteiger partial charge in [-0.1, -0.05) is 6.07 Å². The molecule has 0 saturated carbocycles. The Morgan fingerprint density at radius 1 is 1.25 bits per heavy atom. The standard InChI is InChI=1S/C20H21N3O4S/c1-11-5-6-14(20(26)27-4)9-15(11)22-16(24)7-8-23-10-21-18-17(19(23)25)12(2)13(3)28-18/h5-6,9-10H,7-8H2,1-4H3,(H,22,24). The maximum atomic E-state index is 12.7. The summed E-state index contributed by atoms with van der Waals surface area (Å²) in [4.78, 5) is 42.9. The first-order valence-electron chi connectivity index (χ1n) is 8.75. The van der Waals surface area contributed by atoms with Crippen molar-refractivity contribution in [2.75, 3.05) is 12.4 Å². The second-order valence-corrected chi connectivity index (χ2v) is 7.73. The fourth-order valence-corrected chi connectivity index (χ4v) is 3.85. The third-order valence-corrected chi connectivity index (χ3v) is 5.78. The van der Waals surface area contributed by atoms with E-state index in [1.54, 1.807) is 18.2 Å². The zero-order valence-electron chi connectivity index (χ0n) is 16.2. The SMILES string of the molecule is COC(=O)c1ccc(C)c(NC(=O)CCn2cnc3sc(C)c(C)c3c2=O)c1. The first-order valence-corrected chi connectivity index (χ1v) is 9.57. The van der Waals surface area contributed by atoms with Crippen LogP contribution in [0.3, 0.4) is 0 Å². The lowest BCUT2D eigenvalue weighted by Gasteiger charge is -2.11. The first kappa shape index (κ1) is 19.8. The number of carbonyl (C=O) groups is 2. The van der Waals surface area contributed by atoms with Crippen molar-refractivity contribution in [3.63, 3.8) is 0 Å². The van der Waals surface area contributed by atoms with Gasteiger partial charge in [0.1, 0.15) is 4.83 Å². The number of fused-ring (bicyclic) bond motifs is 1. The highest BCUT2D eigenvalue weighted by Crippen LogP contribution is 2.25. The number of anilines is 1. The highest BCUT2D eigenvalue weighted by Gasteiger charge is 2.14.